The van der Waals surface area contributed by atoms with Crippen LogP contribution in [0.15, 0.2) is 156 Å². The Balaban J connectivity index is 1.29. The SMILES string of the molecule is c1ccc(-c2cc(-c3ccccc3)nc(-c3ccc4c(c3)c3ccccc3n4-c3cccc4oc5ccccc5c34)n2)cc1. The van der Waals surface area contributed by atoms with Crippen molar-refractivity contribution >= 4 is 43.7 Å². The Hall–Kier alpha value is -6.00. The van der Waals surface area contributed by atoms with E-state index >= 15 is 0 Å². The zero-order chi connectivity index (χ0) is 29.0. The van der Waals surface area contributed by atoms with Gasteiger partial charge in [-0.1, -0.05) is 103 Å². The maximum atomic E-state index is 6.26. The first kappa shape index (κ1) is 24.6. The normalized spacial score (nSPS) is 11.6. The van der Waals surface area contributed by atoms with Crippen molar-refractivity contribution < 1.29 is 4.42 Å². The number of furan rings is 1. The van der Waals surface area contributed by atoms with Crippen LogP contribution >= 0.6 is 0 Å². The number of aromatic nitrogens is 3. The summed E-state index contributed by atoms with van der Waals surface area (Å²) in [5.74, 6) is 0.701. The molecular weight excluding hydrogens is 538 g/mol. The number of hydrogen-bond acceptors (Lipinski definition) is 3. The molecule has 0 aliphatic carbocycles. The molecule has 44 heavy (non-hydrogen) atoms. The van der Waals surface area contributed by atoms with Crippen LogP contribution in [-0.2, 0) is 0 Å². The van der Waals surface area contributed by atoms with Gasteiger partial charge in [-0.15, -0.1) is 0 Å². The van der Waals surface area contributed by atoms with Crippen LogP contribution in [0, 0.1) is 0 Å². The maximum Gasteiger partial charge on any atom is 0.160 e. The van der Waals surface area contributed by atoms with E-state index in [1.807, 2.05) is 54.6 Å². The van der Waals surface area contributed by atoms with Gasteiger partial charge in [-0.3, -0.25) is 0 Å². The molecule has 0 radical (unpaired) electrons. The van der Waals surface area contributed by atoms with Crippen LogP contribution in [0.25, 0.3) is 83.3 Å². The summed E-state index contributed by atoms with van der Waals surface area (Å²) in [6.07, 6.45) is 0. The van der Waals surface area contributed by atoms with Gasteiger partial charge in [0.05, 0.1) is 33.5 Å². The van der Waals surface area contributed by atoms with Crippen molar-refractivity contribution in [1.29, 1.82) is 0 Å². The zero-order valence-corrected chi connectivity index (χ0v) is 23.7. The van der Waals surface area contributed by atoms with Gasteiger partial charge in [0, 0.05) is 32.8 Å². The Labute approximate surface area is 253 Å². The van der Waals surface area contributed by atoms with Crippen molar-refractivity contribution in [3.8, 4) is 39.6 Å². The highest BCUT2D eigenvalue weighted by atomic mass is 16.3. The first-order chi connectivity index (χ1) is 21.8. The van der Waals surface area contributed by atoms with Gasteiger partial charge in [0.25, 0.3) is 0 Å². The minimum atomic E-state index is 0.701. The lowest BCUT2D eigenvalue weighted by Crippen LogP contribution is -1.96. The van der Waals surface area contributed by atoms with E-state index in [1.165, 1.54) is 5.39 Å². The number of hydrogen-bond donors (Lipinski definition) is 0. The molecule has 206 valence electrons. The molecule has 0 saturated heterocycles. The van der Waals surface area contributed by atoms with Gasteiger partial charge in [-0.25, -0.2) is 9.97 Å². The second-order valence-electron chi connectivity index (χ2n) is 11.0. The smallest absolute Gasteiger partial charge is 0.160 e. The molecular formula is C40H25N3O. The summed E-state index contributed by atoms with van der Waals surface area (Å²) in [5, 5.41) is 4.55. The summed E-state index contributed by atoms with van der Waals surface area (Å²) < 4.78 is 8.61. The lowest BCUT2D eigenvalue weighted by Gasteiger charge is -2.11. The monoisotopic (exact) mass is 563 g/mol. The van der Waals surface area contributed by atoms with Gasteiger partial charge < -0.3 is 8.98 Å². The molecule has 4 nitrogen and oxygen atoms in total. The van der Waals surface area contributed by atoms with E-state index in [0.717, 1.165) is 72.1 Å². The molecule has 4 heteroatoms. The first-order valence-corrected chi connectivity index (χ1v) is 14.8. The predicted octanol–water partition coefficient (Wildman–Crippen LogP) is 10.5. The molecule has 9 aromatic rings. The lowest BCUT2D eigenvalue weighted by molar-refractivity contribution is 0.669. The fourth-order valence-electron chi connectivity index (χ4n) is 6.40. The van der Waals surface area contributed by atoms with Gasteiger partial charge in [0.15, 0.2) is 5.82 Å². The van der Waals surface area contributed by atoms with Crippen LogP contribution < -0.4 is 0 Å². The van der Waals surface area contributed by atoms with Gasteiger partial charge in [0.1, 0.15) is 11.2 Å². The van der Waals surface area contributed by atoms with Crippen LogP contribution in [0.4, 0.5) is 0 Å². The molecule has 6 aromatic carbocycles. The minimum Gasteiger partial charge on any atom is -0.456 e. The molecule has 0 amide bonds. The van der Waals surface area contributed by atoms with Crippen LogP contribution in [0.2, 0.25) is 0 Å². The Kier molecular flexibility index (Phi) is 5.47. The molecule has 0 spiro atoms. The molecule has 0 atom stereocenters. The topological polar surface area (TPSA) is 43.9 Å². The van der Waals surface area contributed by atoms with E-state index in [-0.39, 0.29) is 0 Å². The van der Waals surface area contributed by atoms with E-state index in [9.17, 15) is 0 Å². The van der Waals surface area contributed by atoms with Crippen LogP contribution in [0.5, 0.6) is 0 Å². The molecule has 0 aliphatic heterocycles. The van der Waals surface area contributed by atoms with Crippen LogP contribution in [-0.4, -0.2) is 14.5 Å². The van der Waals surface area contributed by atoms with Crippen molar-refractivity contribution in [2.45, 2.75) is 0 Å². The largest absolute Gasteiger partial charge is 0.456 e. The lowest BCUT2D eigenvalue weighted by atomic mass is 10.1. The molecule has 0 aliphatic rings. The standard InChI is InChI=1S/C40H25N3O/c1-3-12-26(13-4-1)32-25-33(27-14-5-2-6-15-27)42-40(41-32)28-22-23-35-31(24-28)29-16-7-9-18-34(29)43(35)36-19-11-21-38-39(36)30-17-8-10-20-37(30)44-38/h1-25H. The predicted molar refractivity (Wildman–Crippen MR) is 180 cm³/mol. The van der Waals surface area contributed by atoms with E-state index < -0.39 is 0 Å². The molecule has 0 unspecified atom stereocenters. The Morgan fingerprint density at radius 2 is 1.05 bits per heavy atom. The van der Waals surface area contributed by atoms with Gasteiger partial charge in [-0.05, 0) is 48.5 Å². The fraction of sp³-hybridized carbons (Fsp3) is 0. The highest BCUT2D eigenvalue weighted by molar-refractivity contribution is 6.14. The molecule has 3 heterocycles. The second kappa shape index (κ2) is 9.79. The average molecular weight is 564 g/mol. The Bertz CT molecular complexity index is 2430. The van der Waals surface area contributed by atoms with Gasteiger partial charge in [-0.2, -0.15) is 0 Å². The molecule has 9 rings (SSSR count). The van der Waals surface area contributed by atoms with Crippen LogP contribution in [0.1, 0.15) is 0 Å². The summed E-state index contributed by atoms with van der Waals surface area (Å²) in [6.45, 7) is 0. The summed E-state index contributed by atoms with van der Waals surface area (Å²) >= 11 is 0. The van der Waals surface area contributed by atoms with E-state index in [0.29, 0.717) is 5.82 Å². The number of rotatable bonds is 4. The average Bonchev–Trinajstić information content (AvgIpc) is 3.64. The highest BCUT2D eigenvalue weighted by Gasteiger charge is 2.19. The van der Waals surface area contributed by atoms with Crippen molar-refractivity contribution in [3.05, 3.63) is 152 Å². The van der Waals surface area contributed by atoms with Gasteiger partial charge >= 0.3 is 0 Å². The van der Waals surface area contributed by atoms with Crippen molar-refractivity contribution in [2.24, 2.45) is 0 Å². The molecule has 0 saturated carbocycles. The summed E-state index contributed by atoms with van der Waals surface area (Å²) in [6, 6.07) is 52.4. The summed E-state index contributed by atoms with van der Waals surface area (Å²) in [5.41, 5.74) is 10.0. The minimum absolute atomic E-state index is 0.701. The van der Waals surface area contributed by atoms with Crippen molar-refractivity contribution in [1.82, 2.24) is 14.5 Å². The third-order valence-corrected chi connectivity index (χ3v) is 8.42. The zero-order valence-electron chi connectivity index (χ0n) is 23.7. The second-order valence-corrected chi connectivity index (χ2v) is 11.0. The van der Waals surface area contributed by atoms with Crippen molar-refractivity contribution in [2.75, 3.05) is 0 Å². The van der Waals surface area contributed by atoms with E-state index in [1.54, 1.807) is 0 Å². The number of fused-ring (bicyclic) bond motifs is 6. The number of para-hydroxylation sites is 2. The molecule has 0 bridgehead atoms. The third kappa shape index (κ3) is 3.85. The summed E-state index contributed by atoms with van der Waals surface area (Å²) in [4.78, 5) is 10.2. The van der Waals surface area contributed by atoms with Crippen molar-refractivity contribution in [3.63, 3.8) is 0 Å². The molecule has 3 aromatic heterocycles. The number of benzene rings is 6. The number of nitrogens with zero attached hydrogens (tertiary/aromatic N) is 3. The Morgan fingerprint density at radius 1 is 0.432 bits per heavy atom. The van der Waals surface area contributed by atoms with Gasteiger partial charge in [0.2, 0.25) is 0 Å². The van der Waals surface area contributed by atoms with E-state index in [2.05, 4.69) is 102 Å². The van der Waals surface area contributed by atoms with Crippen LogP contribution in [0.3, 0.4) is 0 Å². The third-order valence-electron chi connectivity index (χ3n) is 8.42. The Morgan fingerprint density at radius 3 is 1.80 bits per heavy atom. The van der Waals surface area contributed by atoms with E-state index in [4.69, 9.17) is 14.4 Å². The fourth-order valence-corrected chi connectivity index (χ4v) is 6.40. The molecule has 0 N–H and O–H groups in total. The maximum absolute atomic E-state index is 6.26. The first-order valence-electron chi connectivity index (χ1n) is 14.8. The quantitative estimate of drug-likeness (QED) is 0.214. The highest BCUT2D eigenvalue weighted by Crippen LogP contribution is 2.39. The summed E-state index contributed by atoms with van der Waals surface area (Å²) in [7, 11) is 0. The molecule has 0 fully saturated rings.